The fraction of sp³-hybridized carbons (Fsp3) is 0.931. The van der Waals surface area contributed by atoms with Gasteiger partial charge in [-0.25, -0.2) is 0 Å². The summed E-state index contributed by atoms with van der Waals surface area (Å²) in [6.07, 6.45) is 9.62. The summed E-state index contributed by atoms with van der Waals surface area (Å²) in [7, 11) is 0. The largest absolute Gasteiger partial charge is 0.461 e. The van der Waals surface area contributed by atoms with Gasteiger partial charge in [0.1, 0.15) is 11.9 Å². The Hall–Kier alpha value is -0.940. The topological polar surface area (TPSA) is 66.8 Å². The van der Waals surface area contributed by atoms with Crippen molar-refractivity contribution < 1.29 is 19.4 Å². The standard InChI is InChI=1S/C29H49NO4/c1-6-14-30(15-7-2)18-27(33)34-26-17-21(32)16-20-8-9-22-24-11-10-23(19(3)31)28(24,4)13-12-25(22)29(20,26)5/h20-26,32H,6-18H2,1-5H3/t20-,21-,22-,23+,24-,25-,26?,28+,29-/m0/s1. The fourth-order valence-electron chi connectivity index (χ4n) is 9.39. The number of hydrogen-bond acceptors (Lipinski definition) is 5. The van der Waals surface area contributed by atoms with Crippen LogP contribution in [0.1, 0.15) is 98.8 Å². The molecule has 194 valence electrons. The summed E-state index contributed by atoms with van der Waals surface area (Å²) in [6.45, 7) is 13.0. The van der Waals surface area contributed by atoms with Gasteiger partial charge >= 0.3 is 5.97 Å². The molecule has 0 saturated heterocycles. The first kappa shape index (κ1) is 26.1. The highest BCUT2D eigenvalue weighted by Gasteiger charge is 2.63. The number of Topliss-reactive ketones (excluding diaryl/α,β-unsaturated/α-hetero) is 1. The van der Waals surface area contributed by atoms with E-state index in [4.69, 9.17) is 4.74 Å². The summed E-state index contributed by atoms with van der Waals surface area (Å²) in [5, 5.41) is 10.7. The van der Waals surface area contributed by atoms with Crippen LogP contribution in [0, 0.1) is 40.4 Å². The number of rotatable bonds is 8. The summed E-state index contributed by atoms with van der Waals surface area (Å²) in [4.78, 5) is 27.8. The number of aliphatic hydroxyl groups excluding tert-OH is 1. The zero-order valence-corrected chi connectivity index (χ0v) is 22.4. The Labute approximate surface area is 207 Å². The van der Waals surface area contributed by atoms with Crippen molar-refractivity contribution in [2.24, 2.45) is 40.4 Å². The van der Waals surface area contributed by atoms with Crippen molar-refractivity contribution in [1.82, 2.24) is 4.90 Å². The second-order valence-corrected chi connectivity index (χ2v) is 12.7. The fourth-order valence-corrected chi connectivity index (χ4v) is 9.39. The van der Waals surface area contributed by atoms with Crippen molar-refractivity contribution >= 4 is 11.8 Å². The average molecular weight is 476 g/mol. The molecule has 0 aromatic heterocycles. The second-order valence-electron chi connectivity index (χ2n) is 12.7. The molecule has 0 heterocycles. The van der Waals surface area contributed by atoms with E-state index >= 15 is 0 Å². The molecule has 4 aliphatic carbocycles. The van der Waals surface area contributed by atoms with Gasteiger partial charge in [0.05, 0.1) is 12.6 Å². The van der Waals surface area contributed by atoms with Gasteiger partial charge in [0, 0.05) is 17.8 Å². The van der Waals surface area contributed by atoms with Crippen LogP contribution in [0.2, 0.25) is 0 Å². The van der Waals surface area contributed by atoms with Gasteiger partial charge in [-0.1, -0.05) is 27.7 Å². The van der Waals surface area contributed by atoms with Gasteiger partial charge in [0.2, 0.25) is 0 Å². The molecule has 0 aliphatic heterocycles. The quantitative estimate of drug-likeness (QED) is 0.486. The lowest BCUT2D eigenvalue weighted by Gasteiger charge is -2.62. The maximum absolute atomic E-state index is 13.1. The third kappa shape index (κ3) is 4.49. The number of ether oxygens (including phenoxy) is 1. The zero-order chi connectivity index (χ0) is 24.7. The van der Waals surface area contributed by atoms with Crippen LogP contribution in [0.3, 0.4) is 0 Å². The summed E-state index contributed by atoms with van der Waals surface area (Å²) < 4.78 is 6.31. The van der Waals surface area contributed by atoms with E-state index in [0.717, 1.165) is 58.0 Å². The van der Waals surface area contributed by atoms with Crippen LogP contribution in [0.15, 0.2) is 0 Å². The maximum Gasteiger partial charge on any atom is 0.320 e. The third-order valence-electron chi connectivity index (χ3n) is 10.9. The molecule has 1 N–H and O–H groups in total. The number of carbonyl (C=O) groups is 2. The molecule has 0 bridgehead atoms. The Bertz CT molecular complexity index is 748. The molecule has 0 amide bonds. The summed E-state index contributed by atoms with van der Waals surface area (Å²) in [5.41, 5.74) is 0.0607. The van der Waals surface area contributed by atoms with Crippen LogP contribution in [-0.4, -0.2) is 53.6 Å². The number of nitrogens with zero attached hydrogens (tertiary/aromatic N) is 1. The molecular formula is C29H49NO4. The molecule has 0 aromatic carbocycles. The smallest absolute Gasteiger partial charge is 0.320 e. The van der Waals surface area contributed by atoms with Crippen LogP contribution in [-0.2, 0) is 14.3 Å². The maximum atomic E-state index is 13.1. The molecule has 4 fully saturated rings. The van der Waals surface area contributed by atoms with Crippen LogP contribution >= 0.6 is 0 Å². The van der Waals surface area contributed by atoms with Crippen molar-refractivity contribution in [3.63, 3.8) is 0 Å². The monoisotopic (exact) mass is 475 g/mol. The molecular weight excluding hydrogens is 426 g/mol. The van der Waals surface area contributed by atoms with Crippen molar-refractivity contribution in [2.75, 3.05) is 19.6 Å². The summed E-state index contributed by atoms with van der Waals surface area (Å²) >= 11 is 0. The van der Waals surface area contributed by atoms with Crippen molar-refractivity contribution in [3.8, 4) is 0 Å². The third-order valence-corrected chi connectivity index (χ3v) is 10.9. The second kappa shape index (κ2) is 10.2. The molecule has 4 rings (SSSR count). The predicted molar refractivity (Wildman–Crippen MR) is 134 cm³/mol. The molecule has 1 unspecified atom stereocenters. The molecule has 0 spiro atoms. The number of fused-ring (bicyclic) bond motifs is 5. The van der Waals surface area contributed by atoms with Crippen LogP contribution < -0.4 is 0 Å². The molecule has 4 saturated carbocycles. The molecule has 5 nitrogen and oxygen atoms in total. The normalized spacial score (nSPS) is 43.7. The SMILES string of the molecule is CCCN(CCC)CC(=O)OC1C[C@@H](O)C[C@@H]2CC[C@H]3[C@@H]4CC[C@H](C(C)=O)[C@@]4(C)CC[C@@H]3[C@@]12C. The Morgan fingerprint density at radius 1 is 0.971 bits per heavy atom. The first-order valence-electron chi connectivity index (χ1n) is 14.2. The van der Waals surface area contributed by atoms with Crippen molar-refractivity contribution in [2.45, 2.75) is 111 Å². The highest BCUT2D eigenvalue weighted by atomic mass is 16.5. The molecule has 34 heavy (non-hydrogen) atoms. The van der Waals surface area contributed by atoms with E-state index < -0.39 is 0 Å². The summed E-state index contributed by atoms with van der Waals surface area (Å²) in [6, 6.07) is 0. The molecule has 9 atom stereocenters. The van der Waals surface area contributed by atoms with Crippen molar-refractivity contribution in [1.29, 1.82) is 0 Å². The molecule has 5 heteroatoms. The van der Waals surface area contributed by atoms with E-state index in [2.05, 4.69) is 32.6 Å². The lowest BCUT2D eigenvalue weighted by atomic mass is 9.44. The minimum Gasteiger partial charge on any atom is -0.461 e. The van der Waals surface area contributed by atoms with Crippen LogP contribution in [0.25, 0.3) is 0 Å². The van der Waals surface area contributed by atoms with Gasteiger partial charge < -0.3 is 9.84 Å². The highest BCUT2D eigenvalue weighted by molar-refractivity contribution is 5.79. The van der Waals surface area contributed by atoms with E-state index in [0.29, 0.717) is 42.4 Å². The van der Waals surface area contributed by atoms with Gasteiger partial charge in [-0.05, 0) is 107 Å². The van der Waals surface area contributed by atoms with Gasteiger partial charge in [0.25, 0.3) is 0 Å². The average Bonchev–Trinajstić information content (AvgIpc) is 3.12. The Morgan fingerprint density at radius 2 is 1.68 bits per heavy atom. The number of ketones is 1. The van der Waals surface area contributed by atoms with Gasteiger partial charge in [-0.3, -0.25) is 14.5 Å². The highest BCUT2D eigenvalue weighted by Crippen LogP contribution is 2.67. The van der Waals surface area contributed by atoms with Gasteiger partial charge in [0.15, 0.2) is 0 Å². The number of aliphatic hydroxyl groups is 1. The minimum absolute atomic E-state index is 0.0756. The lowest BCUT2D eigenvalue weighted by Crippen LogP contribution is -2.60. The van der Waals surface area contributed by atoms with Crippen LogP contribution in [0.5, 0.6) is 0 Å². The zero-order valence-electron chi connectivity index (χ0n) is 22.4. The Balaban J connectivity index is 1.55. The van der Waals surface area contributed by atoms with E-state index in [1.54, 1.807) is 6.92 Å². The van der Waals surface area contributed by atoms with Gasteiger partial charge in [-0.2, -0.15) is 0 Å². The van der Waals surface area contributed by atoms with Crippen molar-refractivity contribution in [3.05, 3.63) is 0 Å². The molecule has 0 aromatic rings. The lowest BCUT2D eigenvalue weighted by molar-refractivity contribution is -0.203. The van der Waals surface area contributed by atoms with E-state index in [1.165, 1.54) is 12.8 Å². The molecule has 0 radical (unpaired) electrons. The number of esters is 1. The minimum atomic E-state index is -0.378. The predicted octanol–water partition coefficient (Wildman–Crippen LogP) is 5.24. The van der Waals surface area contributed by atoms with E-state index in [1.807, 2.05) is 0 Å². The first-order valence-corrected chi connectivity index (χ1v) is 14.2. The van der Waals surface area contributed by atoms with E-state index in [-0.39, 0.29) is 34.9 Å². The first-order chi connectivity index (χ1) is 16.1. The number of hydrogen-bond donors (Lipinski definition) is 1. The Kier molecular flexibility index (Phi) is 7.84. The van der Waals surface area contributed by atoms with E-state index in [9.17, 15) is 14.7 Å². The van der Waals surface area contributed by atoms with Gasteiger partial charge in [-0.15, -0.1) is 0 Å². The number of carbonyl (C=O) groups excluding carboxylic acids is 2. The van der Waals surface area contributed by atoms with Crippen LogP contribution in [0.4, 0.5) is 0 Å². The molecule has 4 aliphatic rings. The Morgan fingerprint density at radius 3 is 2.32 bits per heavy atom. The summed E-state index contributed by atoms with van der Waals surface area (Å²) in [5.74, 6) is 2.60.